The monoisotopic (exact) mass is 385 g/mol. The number of nitro benzene ring substituents is 1. The van der Waals surface area contributed by atoms with E-state index in [4.69, 9.17) is 0 Å². The molecule has 2 heterocycles. The Morgan fingerprint density at radius 2 is 1.83 bits per heavy atom. The van der Waals surface area contributed by atoms with Crippen molar-refractivity contribution in [1.29, 1.82) is 0 Å². The molecule has 0 fully saturated rings. The standard InChI is InChI=1S/C23H19N3O3/c27-23-19-10-3-4-11-21(19)25-14-16-7-1-2-9-18(16)20(22(25)24-23)13-15-6-5-8-17(12-15)26(28)29/h1-12,20,22H,13-14H2,(H,24,27)/t20-,22-/m0/s1. The van der Waals surface area contributed by atoms with E-state index in [1.807, 2.05) is 42.5 Å². The Morgan fingerprint density at radius 1 is 1.03 bits per heavy atom. The molecule has 0 radical (unpaired) electrons. The zero-order chi connectivity index (χ0) is 20.0. The van der Waals surface area contributed by atoms with Gasteiger partial charge in [0.2, 0.25) is 0 Å². The van der Waals surface area contributed by atoms with Gasteiger partial charge in [-0.3, -0.25) is 14.9 Å². The number of anilines is 1. The summed E-state index contributed by atoms with van der Waals surface area (Å²) in [5.74, 6) is -0.0930. The molecule has 0 aromatic heterocycles. The Kier molecular flexibility index (Phi) is 4.05. The van der Waals surface area contributed by atoms with E-state index >= 15 is 0 Å². The van der Waals surface area contributed by atoms with Gasteiger partial charge in [-0.1, -0.05) is 48.5 Å². The first-order chi connectivity index (χ1) is 14.1. The molecule has 2 atom stereocenters. The fraction of sp³-hybridized carbons (Fsp3) is 0.174. The van der Waals surface area contributed by atoms with Crippen molar-refractivity contribution in [2.75, 3.05) is 4.90 Å². The van der Waals surface area contributed by atoms with Gasteiger partial charge in [0, 0.05) is 24.6 Å². The van der Waals surface area contributed by atoms with Gasteiger partial charge in [0.1, 0.15) is 6.17 Å². The average Bonchev–Trinajstić information content (AvgIpc) is 2.75. The number of nitrogens with one attached hydrogen (secondary N) is 1. The molecule has 3 aromatic carbocycles. The number of amides is 1. The first-order valence-electron chi connectivity index (χ1n) is 9.59. The highest BCUT2D eigenvalue weighted by atomic mass is 16.6. The Bertz CT molecular complexity index is 1130. The lowest BCUT2D eigenvalue weighted by Crippen LogP contribution is -2.57. The number of hydrogen-bond donors (Lipinski definition) is 1. The lowest BCUT2D eigenvalue weighted by molar-refractivity contribution is -0.384. The van der Waals surface area contributed by atoms with Crippen molar-refractivity contribution in [2.45, 2.75) is 25.0 Å². The predicted molar refractivity (Wildman–Crippen MR) is 110 cm³/mol. The summed E-state index contributed by atoms with van der Waals surface area (Å²) in [6.45, 7) is 0.712. The first-order valence-corrected chi connectivity index (χ1v) is 9.59. The zero-order valence-electron chi connectivity index (χ0n) is 15.6. The van der Waals surface area contributed by atoms with E-state index in [9.17, 15) is 14.9 Å². The summed E-state index contributed by atoms with van der Waals surface area (Å²) in [6, 6.07) is 22.7. The topological polar surface area (TPSA) is 75.5 Å². The van der Waals surface area contributed by atoms with Crippen LogP contribution in [0, 0.1) is 10.1 Å². The van der Waals surface area contributed by atoms with Crippen molar-refractivity contribution < 1.29 is 9.72 Å². The van der Waals surface area contributed by atoms with Crippen LogP contribution >= 0.6 is 0 Å². The maximum atomic E-state index is 12.8. The smallest absolute Gasteiger partial charge is 0.269 e. The zero-order valence-corrected chi connectivity index (χ0v) is 15.6. The van der Waals surface area contributed by atoms with Crippen molar-refractivity contribution in [1.82, 2.24) is 5.32 Å². The summed E-state index contributed by atoms with van der Waals surface area (Å²) in [5.41, 5.74) is 4.97. The summed E-state index contributed by atoms with van der Waals surface area (Å²) in [7, 11) is 0. The van der Waals surface area contributed by atoms with Gasteiger partial charge in [0.15, 0.2) is 0 Å². The van der Waals surface area contributed by atoms with E-state index in [1.54, 1.807) is 12.1 Å². The lowest BCUT2D eigenvalue weighted by Gasteiger charge is -2.47. The molecule has 0 spiro atoms. The molecule has 2 aliphatic rings. The lowest BCUT2D eigenvalue weighted by atomic mass is 9.81. The van der Waals surface area contributed by atoms with E-state index in [1.165, 1.54) is 17.2 Å². The molecule has 5 rings (SSSR count). The Morgan fingerprint density at radius 3 is 2.69 bits per heavy atom. The van der Waals surface area contributed by atoms with Crippen LogP contribution in [0.15, 0.2) is 72.8 Å². The van der Waals surface area contributed by atoms with Crippen LogP contribution < -0.4 is 10.2 Å². The van der Waals surface area contributed by atoms with Crippen molar-refractivity contribution in [3.8, 4) is 0 Å². The number of hydrogen-bond acceptors (Lipinski definition) is 4. The second kappa shape index (κ2) is 6.74. The summed E-state index contributed by atoms with van der Waals surface area (Å²) in [5, 5.41) is 14.4. The fourth-order valence-corrected chi connectivity index (χ4v) is 4.52. The molecule has 0 aliphatic carbocycles. The molecule has 6 heteroatoms. The minimum absolute atomic E-state index is 0.0146. The average molecular weight is 385 g/mol. The van der Waals surface area contributed by atoms with E-state index in [2.05, 4.69) is 22.3 Å². The minimum atomic E-state index is -0.372. The maximum absolute atomic E-state index is 12.8. The van der Waals surface area contributed by atoms with Gasteiger partial charge >= 0.3 is 0 Å². The molecule has 144 valence electrons. The van der Waals surface area contributed by atoms with Gasteiger partial charge in [-0.2, -0.15) is 0 Å². The van der Waals surface area contributed by atoms with Crippen molar-refractivity contribution in [3.63, 3.8) is 0 Å². The van der Waals surface area contributed by atoms with Crippen LogP contribution in [0.3, 0.4) is 0 Å². The number of carbonyl (C=O) groups is 1. The molecule has 6 nitrogen and oxygen atoms in total. The fourth-order valence-electron chi connectivity index (χ4n) is 4.52. The highest BCUT2D eigenvalue weighted by molar-refractivity contribution is 6.02. The molecule has 1 amide bonds. The number of non-ortho nitro benzene ring substituents is 1. The third kappa shape index (κ3) is 2.93. The largest absolute Gasteiger partial charge is 0.346 e. The third-order valence-electron chi connectivity index (χ3n) is 5.83. The number of para-hydroxylation sites is 1. The van der Waals surface area contributed by atoms with Gasteiger partial charge < -0.3 is 10.2 Å². The van der Waals surface area contributed by atoms with E-state index in [0.717, 1.165) is 11.3 Å². The number of benzene rings is 3. The van der Waals surface area contributed by atoms with Crippen molar-refractivity contribution >= 4 is 17.3 Å². The normalized spacial score (nSPS) is 19.6. The van der Waals surface area contributed by atoms with Crippen LogP contribution in [0.25, 0.3) is 0 Å². The molecule has 0 bridgehead atoms. The van der Waals surface area contributed by atoms with E-state index < -0.39 is 0 Å². The van der Waals surface area contributed by atoms with Gasteiger partial charge in [0.05, 0.1) is 16.2 Å². The number of rotatable bonds is 3. The summed E-state index contributed by atoms with van der Waals surface area (Å²) >= 11 is 0. The quantitative estimate of drug-likeness (QED) is 0.546. The summed E-state index contributed by atoms with van der Waals surface area (Å²) in [6.07, 6.45) is 0.397. The van der Waals surface area contributed by atoms with Crippen LogP contribution in [0.4, 0.5) is 11.4 Å². The van der Waals surface area contributed by atoms with Gasteiger partial charge in [-0.25, -0.2) is 0 Å². The number of fused-ring (bicyclic) bond motifs is 4. The van der Waals surface area contributed by atoms with Crippen LogP contribution in [-0.4, -0.2) is 17.0 Å². The second-order valence-corrected chi connectivity index (χ2v) is 7.50. The van der Waals surface area contributed by atoms with Crippen LogP contribution in [0.2, 0.25) is 0 Å². The molecular weight excluding hydrogens is 366 g/mol. The number of carbonyl (C=O) groups excluding carboxylic acids is 1. The molecule has 29 heavy (non-hydrogen) atoms. The molecular formula is C23H19N3O3. The van der Waals surface area contributed by atoms with Gasteiger partial charge in [-0.05, 0) is 35.2 Å². The molecule has 3 aromatic rings. The van der Waals surface area contributed by atoms with Crippen LogP contribution in [-0.2, 0) is 13.0 Å². The highest BCUT2D eigenvalue weighted by Crippen LogP contribution is 2.40. The Balaban J connectivity index is 1.59. The van der Waals surface area contributed by atoms with Crippen LogP contribution in [0.5, 0.6) is 0 Å². The maximum Gasteiger partial charge on any atom is 0.269 e. The minimum Gasteiger partial charge on any atom is -0.346 e. The molecule has 0 unspecified atom stereocenters. The summed E-state index contributed by atoms with van der Waals surface area (Å²) < 4.78 is 0. The molecule has 2 aliphatic heterocycles. The molecule has 0 saturated carbocycles. The molecule has 0 saturated heterocycles. The van der Waals surface area contributed by atoms with Crippen molar-refractivity contribution in [3.05, 3.63) is 105 Å². The predicted octanol–water partition coefficient (Wildman–Crippen LogP) is 4.01. The van der Waals surface area contributed by atoms with Crippen LogP contribution in [0.1, 0.15) is 33.0 Å². The van der Waals surface area contributed by atoms with E-state index in [0.29, 0.717) is 18.5 Å². The summed E-state index contributed by atoms with van der Waals surface area (Å²) in [4.78, 5) is 25.8. The molecule has 1 N–H and O–H groups in total. The Hall–Kier alpha value is -3.67. The third-order valence-corrected chi connectivity index (χ3v) is 5.83. The van der Waals surface area contributed by atoms with E-state index in [-0.39, 0.29) is 28.6 Å². The first kappa shape index (κ1) is 17.4. The van der Waals surface area contributed by atoms with Gasteiger partial charge in [-0.15, -0.1) is 0 Å². The second-order valence-electron chi connectivity index (χ2n) is 7.50. The van der Waals surface area contributed by atoms with Crippen molar-refractivity contribution in [2.24, 2.45) is 0 Å². The Labute approximate surface area is 167 Å². The number of nitro groups is 1. The SMILES string of the molecule is O=C1N[C@@H]2[C@@H](Cc3cccc([N+](=O)[O-])c3)c3ccccc3CN2c2ccccc21. The number of nitrogens with zero attached hydrogens (tertiary/aromatic N) is 2. The van der Waals surface area contributed by atoms with Gasteiger partial charge in [0.25, 0.3) is 11.6 Å². The highest BCUT2D eigenvalue weighted by Gasteiger charge is 2.40.